The third-order valence-electron chi connectivity index (χ3n) is 7.34. The Morgan fingerprint density at radius 3 is 2.32 bits per heavy atom. The Balaban J connectivity index is 1.29. The van der Waals surface area contributed by atoms with Crippen LogP contribution in [0.25, 0.3) is 33.4 Å². The number of rotatable bonds is 7. The van der Waals surface area contributed by atoms with Gasteiger partial charge in [0.1, 0.15) is 22.9 Å². The third-order valence-corrected chi connectivity index (χ3v) is 7.34. The Labute approximate surface area is 259 Å². The van der Waals surface area contributed by atoms with E-state index in [4.69, 9.17) is 14.5 Å². The summed E-state index contributed by atoms with van der Waals surface area (Å²) >= 11 is 0. The van der Waals surface area contributed by atoms with Crippen LogP contribution in [0.1, 0.15) is 85.4 Å². The number of hydrogen-bond donors (Lipinski definition) is 2. The maximum atomic E-state index is 12.8. The van der Waals surface area contributed by atoms with E-state index in [1.54, 1.807) is 16.0 Å². The molecule has 0 spiro atoms. The third kappa shape index (κ3) is 7.41. The number of hydrogen-bond acceptors (Lipinski definition) is 6. The highest BCUT2D eigenvalue weighted by atomic mass is 16.6. The molecule has 0 unspecified atom stereocenters. The van der Waals surface area contributed by atoms with Crippen LogP contribution in [-0.2, 0) is 16.0 Å². The summed E-state index contributed by atoms with van der Waals surface area (Å²) in [5.74, 6) is 1.49. The molecule has 5 rings (SSSR count). The number of ether oxygens (including phenoxy) is 2. The maximum absolute atomic E-state index is 12.8. The molecule has 2 aromatic carbocycles. The first-order valence-electron chi connectivity index (χ1n) is 15.4. The van der Waals surface area contributed by atoms with Crippen LogP contribution in [0.15, 0.2) is 48.7 Å². The average Bonchev–Trinajstić information content (AvgIpc) is 3.70. The van der Waals surface area contributed by atoms with E-state index in [1.807, 2.05) is 54.5 Å². The molecule has 0 radical (unpaired) electrons. The molecule has 0 bridgehead atoms. The first-order chi connectivity index (χ1) is 20.8. The van der Waals surface area contributed by atoms with Crippen molar-refractivity contribution < 1.29 is 19.1 Å². The number of likely N-dealkylation sites (tertiary alicyclic amines) is 1. The first kappa shape index (κ1) is 31.1. The second-order valence-electron chi connectivity index (χ2n) is 13.4. The second-order valence-corrected chi connectivity index (χ2v) is 13.4. The van der Waals surface area contributed by atoms with Crippen LogP contribution in [-0.4, -0.2) is 66.2 Å². The highest BCUT2D eigenvalue weighted by molar-refractivity contribution is 5.82. The quantitative estimate of drug-likeness (QED) is 0.223. The molecule has 1 aliphatic heterocycles. The van der Waals surface area contributed by atoms with E-state index in [0.29, 0.717) is 25.5 Å². The van der Waals surface area contributed by atoms with Crippen LogP contribution in [0.5, 0.6) is 0 Å². The summed E-state index contributed by atoms with van der Waals surface area (Å²) in [4.78, 5) is 45.1. The van der Waals surface area contributed by atoms with E-state index in [0.717, 1.165) is 58.5 Å². The fourth-order valence-corrected chi connectivity index (χ4v) is 5.40. The molecule has 10 nitrogen and oxygen atoms in total. The average molecular weight is 601 g/mol. The highest BCUT2D eigenvalue weighted by Gasteiger charge is 2.35. The lowest BCUT2D eigenvalue weighted by molar-refractivity contribution is 0.0213. The highest BCUT2D eigenvalue weighted by Crippen LogP contribution is 2.34. The van der Waals surface area contributed by atoms with E-state index in [2.05, 4.69) is 51.4 Å². The van der Waals surface area contributed by atoms with Gasteiger partial charge in [0.25, 0.3) is 0 Å². The van der Waals surface area contributed by atoms with Crippen molar-refractivity contribution in [3.05, 3.63) is 60.3 Å². The SMILES string of the molecule is CCCN(Cc1ncc(-c2ccc(-c3ccc4nc([C@@H]5CCCN5C(=O)OC(C)(C)C)[nH]c4c3)cc2)[nH]1)C(=O)OC(C)(C)C. The zero-order chi connectivity index (χ0) is 31.6. The standard InChI is InChI=1S/C34H44N6O4/c1-8-17-39(31(41)43-33(2,3)4)21-29-35-20-27(36-29)23-13-11-22(12-14-23)24-15-16-25-26(19-24)38-30(37-25)28-10-9-18-40(28)32(42)44-34(5,6)7/h11-16,19-20,28H,8-10,17-18,21H2,1-7H3,(H,35,36)(H,37,38)/t28-/m0/s1. The molecular weight excluding hydrogens is 556 g/mol. The van der Waals surface area contributed by atoms with Gasteiger partial charge in [0.05, 0.1) is 35.5 Å². The summed E-state index contributed by atoms with van der Waals surface area (Å²) < 4.78 is 11.2. The van der Waals surface area contributed by atoms with Crippen LogP contribution >= 0.6 is 0 Å². The molecule has 234 valence electrons. The van der Waals surface area contributed by atoms with Crippen molar-refractivity contribution in [1.82, 2.24) is 29.7 Å². The Morgan fingerprint density at radius 1 is 0.955 bits per heavy atom. The van der Waals surface area contributed by atoms with Gasteiger partial charge in [0.2, 0.25) is 0 Å². The summed E-state index contributed by atoms with van der Waals surface area (Å²) in [6.07, 6.45) is 3.74. The van der Waals surface area contributed by atoms with Crippen molar-refractivity contribution in [3.8, 4) is 22.4 Å². The van der Waals surface area contributed by atoms with Crippen molar-refractivity contribution in [2.75, 3.05) is 13.1 Å². The lowest BCUT2D eigenvalue weighted by Crippen LogP contribution is -2.37. The van der Waals surface area contributed by atoms with E-state index >= 15 is 0 Å². The molecule has 3 heterocycles. The summed E-state index contributed by atoms with van der Waals surface area (Å²) in [5.41, 5.74) is 4.71. The molecule has 0 saturated carbocycles. The molecule has 2 amide bonds. The minimum Gasteiger partial charge on any atom is -0.444 e. The molecule has 44 heavy (non-hydrogen) atoms. The van der Waals surface area contributed by atoms with E-state index < -0.39 is 11.2 Å². The summed E-state index contributed by atoms with van der Waals surface area (Å²) in [6, 6.07) is 14.3. The second kappa shape index (κ2) is 12.3. The van der Waals surface area contributed by atoms with Crippen molar-refractivity contribution >= 4 is 23.2 Å². The molecule has 0 aliphatic carbocycles. The zero-order valence-electron chi connectivity index (χ0n) is 26.9. The van der Waals surface area contributed by atoms with Gasteiger partial charge in [-0.1, -0.05) is 37.3 Å². The van der Waals surface area contributed by atoms with Gasteiger partial charge in [0.15, 0.2) is 0 Å². The Bertz CT molecular complexity index is 1610. The van der Waals surface area contributed by atoms with Gasteiger partial charge in [0, 0.05) is 13.1 Å². The predicted octanol–water partition coefficient (Wildman–Crippen LogP) is 7.84. The van der Waals surface area contributed by atoms with Gasteiger partial charge in [-0.15, -0.1) is 0 Å². The number of benzene rings is 2. The fraction of sp³-hybridized carbons (Fsp3) is 0.471. The zero-order valence-corrected chi connectivity index (χ0v) is 26.9. The molecule has 2 aromatic heterocycles. The molecule has 1 aliphatic rings. The van der Waals surface area contributed by atoms with Crippen LogP contribution in [0.3, 0.4) is 0 Å². The van der Waals surface area contributed by atoms with Crippen molar-refractivity contribution in [2.24, 2.45) is 0 Å². The number of aromatic nitrogens is 4. The van der Waals surface area contributed by atoms with Gasteiger partial charge < -0.3 is 24.3 Å². The molecule has 1 atom stereocenters. The van der Waals surface area contributed by atoms with E-state index in [1.165, 1.54) is 0 Å². The van der Waals surface area contributed by atoms with Gasteiger partial charge in [-0.25, -0.2) is 19.6 Å². The minimum absolute atomic E-state index is 0.127. The number of amides is 2. The van der Waals surface area contributed by atoms with E-state index in [9.17, 15) is 9.59 Å². The van der Waals surface area contributed by atoms with Crippen LogP contribution in [0.4, 0.5) is 9.59 Å². The maximum Gasteiger partial charge on any atom is 0.410 e. The van der Waals surface area contributed by atoms with Crippen LogP contribution in [0, 0.1) is 0 Å². The number of H-pyrrole nitrogens is 2. The molecule has 1 fully saturated rings. The fourth-order valence-electron chi connectivity index (χ4n) is 5.40. The van der Waals surface area contributed by atoms with Gasteiger partial charge in [-0.05, 0) is 89.6 Å². The Kier molecular flexibility index (Phi) is 8.72. The Morgan fingerprint density at radius 2 is 1.64 bits per heavy atom. The number of nitrogens with one attached hydrogen (secondary N) is 2. The molecule has 2 N–H and O–H groups in total. The number of nitrogens with zero attached hydrogens (tertiary/aromatic N) is 4. The van der Waals surface area contributed by atoms with Gasteiger partial charge in [-0.2, -0.15) is 0 Å². The number of imidazole rings is 2. The van der Waals surface area contributed by atoms with Crippen molar-refractivity contribution in [3.63, 3.8) is 0 Å². The van der Waals surface area contributed by atoms with Gasteiger partial charge in [-0.3, -0.25) is 4.90 Å². The smallest absolute Gasteiger partial charge is 0.410 e. The lowest BCUT2D eigenvalue weighted by atomic mass is 10.0. The summed E-state index contributed by atoms with van der Waals surface area (Å²) in [7, 11) is 0. The first-order valence-corrected chi connectivity index (χ1v) is 15.4. The van der Waals surface area contributed by atoms with E-state index in [-0.39, 0.29) is 18.2 Å². The molecule has 1 saturated heterocycles. The molecular formula is C34H44N6O4. The largest absolute Gasteiger partial charge is 0.444 e. The molecule has 10 heteroatoms. The normalized spacial score (nSPS) is 15.5. The monoisotopic (exact) mass is 600 g/mol. The van der Waals surface area contributed by atoms with Crippen LogP contribution in [0.2, 0.25) is 0 Å². The molecule has 4 aromatic rings. The Hall–Kier alpha value is -4.34. The number of fused-ring (bicyclic) bond motifs is 1. The number of carbonyl (C=O) groups is 2. The van der Waals surface area contributed by atoms with Gasteiger partial charge >= 0.3 is 12.2 Å². The minimum atomic E-state index is -0.553. The number of aromatic amines is 2. The van der Waals surface area contributed by atoms with Crippen molar-refractivity contribution in [1.29, 1.82) is 0 Å². The predicted molar refractivity (Wildman–Crippen MR) is 171 cm³/mol. The summed E-state index contributed by atoms with van der Waals surface area (Å²) in [6.45, 7) is 14.9. The van der Waals surface area contributed by atoms with Crippen molar-refractivity contribution in [2.45, 2.75) is 91.5 Å². The number of carbonyl (C=O) groups excluding carboxylic acids is 2. The summed E-state index contributed by atoms with van der Waals surface area (Å²) in [5, 5.41) is 0. The topological polar surface area (TPSA) is 116 Å². The van der Waals surface area contributed by atoms with Crippen LogP contribution < -0.4 is 0 Å². The lowest BCUT2D eigenvalue weighted by Gasteiger charge is -2.27.